The van der Waals surface area contributed by atoms with Gasteiger partial charge in [0.15, 0.2) is 5.69 Å². The third kappa shape index (κ3) is 5.13. The summed E-state index contributed by atoms with van der Waals surface area (Å²) in [5.41, 5.74) is 0.414. The quantitative estimate of drug-likeness (QED) is 0.717. The lowest BCUT2D eigenvalue weighted by atomic mass is 9.96. The van der Waals surface area contributed by atoms with Crippen LogP contribution in [0.3, 0.4) is 0 Å². The summed E-state index contributed by atoms with van der Waals surface area (Å²) >= 11 is 0. The highest BCUT2D eigenvalue weighted by Gasteiger charge is 2.20. The van der Waals surface area contributed by atoms with Crippen LogP contribution in [0, 0.1) is 5.41 Å². The van der Waals surface area contributed by atoms with Crippen LogP contribution in [0.2, 0.25) is 0 Å². The fourth-order valence-electron chi connectivity index (χ4n) is 1.99. The molecule has 2 amide bonds. The van der Waals surface area contributed by atoms with Gasteiger partial charge in [-0.1, -0.05) is 32.1 Å². The number of carbonyl (C=O) groups is 3. The van der Waals surface area contributed by atoms with Gasteiger partial charge in [-0.15, -0.1) is 5.10 Å². The molecule has 0 saturated carbocycles. The van der Waals surface area contributed by atoms with E-state index in [0.717, 1.165) is 0 Å². The molecule has 2 aromatic rings. The molecule has 138 valence electrons. The molecule has 1 aromatic heterocycles. The molecule has 0 radical (unpaired) electrons. The van der Waals surface area contributed by atoms with E-state index < -0.39 is 11.4 Å². The first-order chi connectivity index (χ1) is 12.2. The Labute approximate surface area is 150 Å². The number of nitrogens with zero attached hydrogens (tertiary/aromatic N) is 3. The Morgan fingerprint density at radius 1 is 1.23 bits per heavy atom. The van der Waals surface area contributed by atoms with Crippen molar-refractivity contribution in [3.8, 4) is 5.69 Å². The molecule has 0 aliphatic carbocycles. The van der Waals surface area contributed by atoms with E-state index in [2.05, 4.69) is 20.9 Å². The number of carboxylic acids is 1. The minimum atomic E-state index is -1.17. The molecule has 1 heterocycles. The second-order valence-electron chi connectivity index (χ2n) is 6.71. The van der Waals surface area contributed by atoms with Gasteiger partial charge in [-0.05, 0) is 18.2 Å². The maximum atomic E-state index is 12.0. The minimum absolute atomic E-state index is 0.118. The first kappa shape index (κ1) is 19.1. The van der Waals surface area contributed by atoms with Gasteiger partial charge in [0.25, 0.3) is 0 Å². The maximum Gasteiger partial charge on any atom is 0.358 e. The summed E-state index contributed by atoms with van der Waals surface area (Å²) in [6.45, 7) is 5.64. The van der Waals surface area contributed by atoms with Crippen molar-refractivity contribution >= 4 is 23.5 Å². The van der Waals surface area contributed by atoms with E-state index in [4.69, 9.17) is 5.11 Å². The molecule has 0 unspecified atom stereocenters. The average Bonchev–Trinajstić information content (AvgIpc) is 3.04. The number of nitrogens with one attached hydrogen (secondary N) is 2. The Morgan fingerprint density at radius 2 is 1.96 bits per heavy atom. The molecular formula is C17H21N5O4. The van der Waals surface area contributed by atoms with Gasteiger partial charge in [-0.2, -0.15) is 0 Å². The fourth-order valence-corrected chi connectivity index (χ4v) is 1.99. The number of benzene rings is 1. The first-order valence-electron chi connectivity index (χ1n) is 8.01. The van der Waals surface area contributed by atoms with Crippen molar-refractivity contribution in [2.45, 2.75) is 27.2 Å². The second-order valence-corrected chi connectivity index (χ2v) is 6.71. The molecule has 2 rings (SSSR count). The zero-order valence-corrected chi connectivity index (χ0v) is 14.8. The van der Waals surface area contributed by atoms with Crippen LogP contribution in [-0.2, 0) is 9.59 Å². The van der Waals surface area contributed by atoms with Crippen molar-refractivity contribution in [2.24, 2.45) is 5.41 Å². The highest BCUT2D eigenvalue weighted by Crippen LogP contribution is 2.15. The Hall–Kier alpha value is -3.23. The molecule has 0 aliphatic heterocycles. The molecule has 0 saturated heterocycles. The summed E-state index contributed by atoms with van der Waals surface area (Å²) in [4.78, 5) is 34.6. The van der Waals surface area contributed by atoms with E-state index in [1.807, 2.05) is 0 Å². The first-order valence-corrected chi connectivity index (χ1v) is 8.01. The summed E-state index contributed by atoms with van der Waals surface area (Å²) < 4.78 is 1.31. The highest BCUT2D eigenvalue weighted by atomic mass is 16.4. The molecular weight excluding hydrogens is 338 g/mol. The van der Waals surface area contributed by atoms with E-state index in [1.54, 1.807) is 45.0 Å². The molecule has 0 aliphatic rings. The van der Waals surface area contributed by atoms with Crippen LogP contribution in [0.15, 0.2) is 30.5 Å². The number of aromatic carboxylic acids is 1. The van der Waals surface area contributed by atoms with Gasteiger partial charge in [-0.3, -0.25) is 9.59 Å². The van der Waals surface area contributed by atoms with Crippen molar-refractivity contribution in [3.05, 3.63) is 36.2 Å². The van der Waals surface area contributed by atoms with Crippen LogP contribution in [0.25, 0.3) is 5.69 Å². The number of rotatable bonds is 6. The Bertz CT molecular complexity index is 823. The maximum absolute atomic E-state index is 12.0. The van der Waals surface area contributed by atoms with Crippen molar-refractivity contribution in [2.75, 3.05) is 11.9 Å². The van der Waals surface area contributed by atoms with Gasteiger partial charge >= 0.3 is 5.97 Å². The summed E-state index contributed by atoms with van der Waals surface area (Å²) in [6.07, 6.45) is 1.42. The summed E-state index contributed by atoms with van der Waals surface area (Å²) in [5.74, 6) is -1.54. The molecule has 0 fully saturated rings. The predicted octanol–water partition coefficient (Wildman–Crippen LogP) is 1.46. The number of hydrogen-bond acceptors (Lipinski definition) is 5. The Balaban J connectivity index is 1.94. The number of aromatic nitrogens is 3. The predicted molar refractivity (Wildman–Crippen MR) is 94.0 cm³/mol. The third-order valence-electron chi connectivity index (χ3n) is 3.43. The van der Waals surface area contributed by atoms with Gasteiger partial charge in [0.05, 0.1) is 11.9 Å². The average molecular weight is 359 g/mol. The molecule has 9 heteroatoms. The molecule has 26 heavy (non-hydrogen) atoms. The summed E-state index contributed by atoms with van der Waals surface area (Å²) in [5, 5.41) is 21.6. The highest BCUT2D eigenvalue weighted by molar-refractivity contribution is 5.91. The van der Waals surface area contributed by atoms with E-state index in [9.17, 15) is 14.4 Å². The topological polar surface area (TPSA) is 126 Å². The van der Waals surface area contributed by atoms with E-state index in [1.165, 1.54) is 10.9 Å². The van der Waals surface area contributed by atoms with Gasteiger partial charge in [0, 0.05) is 24.1 Å². The normalized spacial score (nSPS) is 11.0. The summed E-state index contributed by atoms with van der Waals surface area (Å²) in [7, 11) is 0. The molecule has 0 spiro atoms. The van der Waals surface area contributed by atoms with Crippen LogP contribution in [-0.4, -0.2) is 44.4 Å². The van der Waals surface area contributed by atoms with Gasteiger partial charge in [0.1, 0.15) is 0 Å². The molecule has 0 bridgehead atoms. The third-order valence-corrected chi connectivity index (χ3v) is 3.43. The van der Waals surface area contributed by atoms with Crippen molar-refractivity contribution < 1.29 is 19.5 Å². The lowest BCUT2D eigenvalue weighted by Crippen LogP contribution is -2.36. The largest absolute Gasteiger partial charge is 0.476 e. The molecule has 3 N–H and O–H groups in total. The molecule has 1 aromatic carbocycles. The van der Waals surface area contributed by atoms with E-state index in [-0.39, 0.29) is 30.5 Å². The Morgan fingerprint density at radius 3 is 2.58 bits per heavy atom. The van der Waals surface area contributed by atoms with E-state index in [0.29, 0.717) is 11.4 Å². The smallest absolute Gasteiger partial charge is 0.358 e. The van der Waals surface area contributed by atoms with Crippen LogP contribution in [0.1, 0.15) is 37.7 Å². The van der Waals surface area contributed by atoms with Crippen molar-refractivity contribution in [1.29, 1.82) is 0 Å². The number of amides is 2. The lowest BCUT2D eigenvalue weighted by Gasteiger charge is -2.17. The Kier molecular flexibility index (Phi) is 5.71. The lowest BCUT2D eigenvalue weighted by molar-refractivity contribution is -0.128. The zero-order chi connectivity index (χ0) is 19.3. The number of carboxylic acid groups (broad SMARTS) is 1. The molecule has 0 atom stereocenters. The number of anilines is 1. The number of carbonyl (C=O) groups excluding carboxylic acids is 2. The van der Waals surface area contributed by atoms with Crippen LogP contribution in [0.5, 0.6) is 0 Å². The monoisotopic (exact) mass is 359 g/mol. The minimum Gasteiger partial charge on any atom is -0.476 e. The van der Waals surface area contributed by atoms with Gasteiger partial charge < -0.3 is 15.7 Å². The summed E-state index contributed by atoms with van der Waals surface area (Å²) in [6, 6.07) is 6.75. The van der Waals surface area contributed by atoms with E-state index >= 15 is 0 Å². The van der Waals surface area contributed by atoms with Crippen molar-refractivity contribution in [3.63, 3.8) is 0 Å². The van der Waals surface area contributed by atoms with Gasteiger partial charge in [0.2, 0.25) is 11.8 Å². The number of hydrogen-bond donors (Lipinski definition) is 3. The van der Waals surface area contributed by atoms with Crippen LogP contribution in [0.4, 0.5) is 5.69 Å². The fraction of sp³-hybridized carbons (Fsp3) is 0.353. The van der Waals surface area contributed by atoms with Crippen molar-refractivity contribution in [1.82, 2.24) is 20.3 Å². The van der Waals surface area contributed by atoms with Crippen LogP contribution < -0.4 is 10.6 Å². The molecule has 9 nitrogen and oxygen atoms in total. The van der Waals surface area contributed by atoms with Gasteiger partial charge in [-0.25, -0.2) is 9.48 Å². The van der Waals surface area contributed by atoms with Crippen LogP contribution >= 0.6 is 0 Å². The zero-order valence-electron chi connectivity index (χ0n) is 14.8. The standard InChI is InChI=1S/C17H21N5O4/c1-17(2,3)16(26)18-8-7-14(23)19-11-5-4-6-12(9-11)22-10-13(15(24)25)20-21-22/h4-6,9-10H,7-8H2,1-3H3,(H,18,26)(H,19,23)(H,24,25). The SMILES string of the molecule is CC(C)(C)C(=O)NCCC(=O)Nc1cccc(-n2cc(C(=O)O)nn2)c1. The second kappa shape index (κ2) is 7.77.